The molecule has 1 N–H and O–H groups in total. The highest BCUT2D eigenvalue weighted by atomic mass is 16.5. The Labute approximate surface area is 116 Å². The fourth-order valence-corrected chi connectivity index (χ4v) is 2.38. The smallest absolute Gasteiger partial charge is 0.327 e. The molecule has 1 aromatic rings. The topological polar surface area (TPSA) is 67.8 Å². The van der Waals surface area contributed by atoms with E-state index >= 15 is 0 Å². The van der Waals surface area contributed by atoms with Crippen molar-refractivity contribution < 1.29 is 14.3 Å². The number of benzene rings is 1. The molecule has 20 heavy (non-hydrogen) atoms. The number of fused-ring (bicyclic) bond motifs is 1. The van der Waals surface area contributed by atoms with Gasteiger partial charge in [0.2, 0.25) is 0 Å². The Morgan fingerprint density at radius 1 is 1.30 bits per heavy atom. The van der Waals surface area contributed by atoms with Crippen LogP contribution in [0.3, 0.4) is 0 Å². The van der Waals surface area contributed by atoms with Crippen molar-refractivity contribution in [3.05, 3.63) is 35.6 Å². The number of carbonyl (C=O) groups excluding carboxylic acids is 2. The van der Waals surface area contributed by atoms with E-state index in [-0.39, 0.29) is 5.78 Å². The lowest BCUT2D eigenvalue weighted by Crippen LogP contribution is -2.39. The maximum absolute atomic E-state index is 12.0. The van der Waals surface area contributed by atoms with Gasteiger partial charge in [-0.1, -0.05) is 6.07 Å². The van der Waals surface area contributed by atoms with E-state index < -0.39 is 11.9 Å². The second-order valence-electron chi connectivity index (χ2n) is 4.99. The maximum Gasteiger partial charge on any atom is 0.327 e. The monoisotopic (exact) mass is 270 g/mol. The number of hydrogen-bond donors (Lipinski definition) is 1. The number of allylic oxidation sites excluding steroid dienone is 2. The molecule has 0 radical (unpaired) electrons. The molecular formula is C15H14N2O3. The van der Waals surface area contributed by atoms with Crippen LogP contribution in [-0.2, 0) is 14.3 Å². The maximum atomic E-state index is 12.0. The molecule has 0 fully saturated rings. The Morgan fingerprint density at radius 3 is 2.85 bits per heavy atom. The van der Waals surface area contributed by atoms with Crippen LogP contribution < -0.4 is 5.32 Å². The summed E-state index contributed by atoms with van der Waals surface area (Å²) in [6.07, 6.45) is 1.35. The zero-order chi connectivity index (χ0) is 14.3. The third kappa shape index (κ3) is 2.11. The highest BCUT2D eigenvalue weighted by molar-refractivity contribution is 6.25. The summed E-state index contributed by atoms with van der Waals surface area (Å²) in [7, 11) is 0. The molecule has 1 aromatic carbocycles. The fraction of sp³-hybridized carbons (Fsp3) is 0.267. The predicted octanol–water partition coefficient (Wildman–Crippen LogP) is 2.14. The Balaban J connectivity index is 2.00. The van der Waals surface area contributed by atoms with Crippen LogP contribution in [0.1, 0.15) is 12.5 Å². The van der Waals surface area contributed by atoms with Gasteiger partial charge in [0.05, 0.1) is 23.6 Å². The molecule has 1 unspecified atom stereocenters. The highest BCUT2D eigenvalue weighted by Crippen LogP contribution is 2.31. The first kappa shape index (κ1) is 12.6. The van der Waals surface area contributed by atoms with Crippen LogP contribution in [0.2, 0.25) is 0 Å². The molecule has 0 aromatic heterocycles. The van der Waals surface area contributed by atoms with Gasteiger partial charge in [0.25, 0.3) is 0 Å². The van der Waals surface area contributed by atoms with Crippen molar-refractivity contribution in [3.8, 4) is 0 Å². The first-order valence-electron chi connectivity index (χ1n) is 6.40. The second-order valence-corrected chi connectivity index (χ2v) is 4.99. The lowest BCUT2D eigenvalue weighted by Gasteiger charge is -2.24. The van der Waals surface area contributed by atoms with Crippen molar-refractivity contribution in [2.24, 2.45) is 10.9 Å². The van der Waals surface area contributed by atoms with E-state index in [2.05, 4.69) is 10.3 Å². The molecule has 0 saturated heterocycles. The molecule has 5 nitrogen and oxygen atoms in total. The van der Waals surface area contributed by atoms with Gasteiger partial charge in [-0.15, -0.1) is 0 Å². The second kappa shape index (κ2) is 4.59. The van der Waals surface area contributed by atoms with Crippen molar-refractivity contribution in [2.45, 2.75) is 13.8 Å². The zero-order valence-electron chi connectivity index (χ0n) is 11.3. The van der Waals surface area contributed by atoms with Crippen LogP contribution >= 0.6 is 0 Å². The Hall–Kier alpha value is -2.43. The van der Waals surface area contributed by atoms with Crippen molar-refractivity contribution in [1.82, 2.24) is 0 Å². The molecule has 5 heteroatoms. The van der Waals surface area contributed by atoms with Crippen LogP contribution in [0.4, 0.5) is 11.4 Å². The summed E-state index contributed by atoms with van der Waals surface area (Å²) in [5.41, 5.74) is 3.23. The summed E-state index contributed by atoms with van der Waals surface area (Å²) in [4.78, 5) is 28.4. The number of nitrogens with zero attached hydrogens (tertiary/aromatic N) is 1. The molecule has 3 rings (SSSR count). The van der Waals surface area contributed by atoms with Gasteiger partial charge in [0.15, 0.2) is 11.7 Å². The van der Waals surface area contributed by atoms with Crippen LogP contribution in [0.5, 0.6) is 0 Å². The number of nitrogens with one attached hydrogen (secondary N) is 1. The van der Waals surface area contributed by atoms with Gasteiger partial charge < -0.3 is 10.1 Å². The van der Waals surface area contributed by atoms with Gasteiger partial charge in [-0.05, 0) is 31.5 Å². The van der Waals surface area contributed by atoms with Crippen LogP contribution in [-0.4, -0.2) is 24.0 Å². The predicted molar refractivity (Wildman–Crippen MR) is 75.1 cm³/mol. The molecule has 2 heterocycles. The number of esters is 1. The SMILES string of the molecule is CC1=CC(=O)C(C2=Nc3cc(C)ccc3NC2)C(=O)O1. The molecule has 0 bridgehead atoms. The van der Waals surface area contributed by atoms with E-state index in [1.54, 1.807) is 6.92 Å². The number of aryl methyl sites for hydroxylation is 1. The number of ether oxygens (including phenoxy) is 1. The number of cyclic esters (lactones) is 1. The molecule has 0 spiro atoms. The van der Waals surface area contributed by atoms with Gasteiger partial charge in [0, 0.05) is 6.08 Å². The van der Waals surface area contributed by atoms with E-state index in [1.165, 1.54) is 6.08 Å². The normalized spacial score (nSPS) is 21.4. The summed E-state index contributed by atoms with van der Waals surface area (Å²) in [5, 5.41) is 3.18. The average molecular weight is 270 g/mol. The number of aliphatic imine (C=N–C) groups is 1. The molecule has 1 atom stereocenters. The lowest BCUT2D eigenvalue weighted by atomic mass is 9.94. The minimum Gasteiger partial charge on any atom is -0.430 e. The molecule has 0 amide bonds. The molecule has 0 aliphatic carbocycles. The van der Waals surface area contributed by atoms with Gasteiger partial charge in [-0.2, -0.15) is 0 Å². The third-order valence-corrected chi connectivity index (χ3v) is 3.34. The molecule has 102 valence electrons. The number of rotatable bonds is 1. The van der Waals surface area contributed by atoms with Crippen LogP contribution in [0.25, 0.3) is 0 Å². The molecular weight excluding hydrogens is 256 g/mol. The Morgan fingerprint density at radius 2 is 2.10 bits per heavy atom. The van der Waals surface area contributed by atoms with E-state index in [0.717, 1.165) is 16.9 Å². The Bertz CT molecular complexity index is 674. The van der Waals surface area contributed by atoms with Crippen LogP contribution in [0, 0.1) is 12.8 Å². The van der Waals surface area contributed by atoms with Crippen molar-refractivity contribution in [3.63, 3.8) is 0 Å². The van der Waals surface area contributed by atoms with Crippen molar-refractivity contribution in [2.75, 3.05) is 11.9 Å². The first-order valence-corrected chi connectivity index (χ1v) is 6.40. The zero-order valence-corrected chi connectivity index (χ0v) is 11.3. The van der Waals surface area contributed by atoms with E-state index in [4.69, 9.17) is 4.74 Å². The summed E-state index contributed by atoms with van der Waals surface area (Å²) >= 11 is 0. The molecule has 2 aliphatic rings. The first-order chi connectivity index (χ1) is 9.54. The number of hydrogen-bond acceptors (Lipinski definition) is 5. The molecule has 2 aliphatic heterocycles. The van der Waals surface area contributed by atoms with E-state index in [1.807, 2.05) is 25.1 Å². The van der Waals surface area contributed by atoms with Crippen LogP contribution in [0.15, 0.2) is 35.0 Å². The number of ketones is 1. The number of carbonyl (C=O) groups is 2. The quantitative estimate of drug-likeness (QED) is 0.627. The molecule has 0 saturated carbocycles. The summed E-state index contributed by atoms with van der Waals surface area (Å²) < 4.78 is 5.03. The van der Waals surface area contributed by atoms with Crippen molar-refractivity contribution in [1.29, 1.82) is 0 Å². The summed E-state index contributed by atoms with van der Waals surface area (Å²) in [6, 6.07) is 5.84. The standard InChI is InChI=1S/C15H14N2O3/c1-8-3-4-10-11(5-8)17-12(7-16-10)14-13(18)6-9(2)20-15(14)19/h3-6,14,16H,7H2,1-2H3. The van der Waals surface area contributed by atoms with Gasteiger partial charge in [-0.25, -0.2) is 0 Å². The van der Waals surface area contributed by atoms with Gasteiger partial charge in [-0.3, -0.25) is 14.6 Å². The minimum atomic E-state index is -0.931. The summed E-state index contributed by atoms with van der Waals surface area (Å²) in [6.45, 7) is 3.93. The lowest BCUT2D eigenvalue weighted by molar-refractivity contribution is -0.146. The third-order valence-electron chi connectivity index (χ3n) is 3.34. The fourth-order valence-electron chi connectivity index (χ4n) is 2.38. The summed E-state index contributed by atoms with van der Waals surface area (Å²) in [5.74, 6) is -1.42. The number of anilines is 1. The Kier molecular flexibility index (Phi) is 2.89. The van der Waals surface area contributed by atoms with Gasteiger partial charge >= 0.3 is 5.97 Å². The minimum absolute atomic E-state index is 0.268. The van der Waals surface area contributed by atoms with E-state index in [0.29, 0.717) is 18.0 Å². The highest BCUT2D eigenvalue weighted by Gasteiger charge is 2.36. The average Bonchev–Trinajstić information content (AvgIpc) is 2.37. The van der Waals surface area contributed by atoms with Crippen molar-refractivity contribution >= 4 is 28.8 Å². The largest absolute Gasteiger partial charge is 0.430 e. The van der Waals surface area contributed by atoms with Gasteiger partial charge in [0.1, 0.15) is 5.76 Å². The van der Waals surface area contributed by atoms with E-state index in [9.17, 15) is 9.59 Å².